The van der Waals surface area contributed by atoms with E-state index in [-0.39, 0.29) is 0 Å². The summed E-state index contributed by atoms with van der Waals surface area (Å²) in [6.07, 6.45) is 0. The number of hydrogen-bond donors (Lipinski definition) is 1. The van der Waals surface area contributed by atoms with Crippen LogP contribution in [0, 0.1) is 0 Å². The molecule has 0 saturated heterocycles. The number of methoxy groups -OCH3 is 2. The highest BCUT2D eigenvalue weighted by Gasteiger charge is 2.15. The van der Waals surface area contributed by atoms with Crippen molar-refractivity contribution in [3.8, 4) is 32.8 Å². The Balaban J connectivity index is 1.49. The lowest BCUT2D eigenvalue weighted by Gasteiger charge is -2.08. The first kappa shape index (κ1) is 18.8. The van der Waals surface area contributed by atoms with E-state index < -0.39 is 0 Å². The van der Waals surface area contributed by atoms with Crippen molar-refractivity contribution in [1.29, 1.82) is 0 Å². The molecule has 0 aliphatic heterocycles. The molecule has 0 spiro atoms. The van der Waals surface area contributed by atoms with Gasteiger partial charge in [-0.2, -0.15) is 0 Å². The molecule has 0 atom stereocenters. The molecule has 4 aromatic rings. The largest absolute Gasteiger partial charge is 0.497 e. The molecule has 0 amide bonds. The molecule has 7 nitrogen and oxygen atoms in total. The maximum absolute atomic E-state index is 6.15. The highest BCUT2D eigenvalue weighted by molar-refractivity contribution is 7.98. The number of nitrogens with zero attached hydrogens (tertiary/aromatic N) is 4. The molecule has 10 heteroatoms. The van der Waals surface area contributed by atoms with Gasteiger partial charge in [0.2, 0.25) is 5.16 Å². The van der Waals surface area contributed by atoms with Crippen LogP contribution in [0.25, 0.3) is 21.3 Å². The van der Waals surface area contributed by atoms with Crippen molar-refractivity contribution in [2.24, 2.45) is 0 Å². The summed E-state index contributed by atoms with van der Waals surface area (Å²) >= 11 is 4.66. The van der Waals surface area contributed by atoms with Gasteiger partial charge in [-0.25, -0.2) is 9.66 Å². The van der Waals surface area contributed by atoms with E-state index >= 15 is 0 Å². The van der Waals surface area contributed by atoms with Crippen LogP contribution in [0.5, 0.6) is 11.5 Å². The van der Waals surface area contributed by atoms with Gasteiger partial charge in [0.15, 0.2) is 5.82 Å². The Morgan fingerprint density at radius 1 is 1.14 bits per heavy atom. The Labute approximate surface area is 174 Å². The Morgan fingerprint density at radius 2 is 2.04 bits per heavy atom. The maximum Gasteiger partial charge on any atom is 0.210 e. The quantitative estimate of drug-likeness (QED) is 0.347. The van der Waals surface area contributed by atoms with Crippen LogP contribution >= 0.6 is 34.4 Å². The number of thiophene rings is 1. The summed E-state index contributed by atoms with van der Waals surface area (Å²) in [6.45, 7) is 0. The number of nitrogens with two attached hydrogens (primary N) is 1. The lowest BCUT2D eigenvalue weighted by Crippen LogP contribution is -2.11. The maximum atomic E-state index is 6.15. The second-order valence-corrected chi connectivity index (χ2v) is 8.40. The molecule has 0 saturated carbocycles. The van der Waals surface area contributed by atoms with E-state index in [0.717, 1.165) is 32.6 Å². The van der Waals surface area contributed by atoms with Crippen molar-refractivity contribution in [1.82, 2.24) is 19.9 Å². The minimum Gasteiger partial charge on any atom is -0.497 e. The number of hydrogen-bond acceptors (Lipinski definition) is 9. The first-order valence-electron chi connectivity index (χ1n) is 8.23. The van der Waals surface area contributed by atoms with Crippen molar-refractivity contribution >= 4 is 34.4 Å². The SMILES string of the molecule is COc1ccc(-c2nc(CSc3nnc(-c4cccs4)n3N)cs2)c(OC)c1. The summed E-state index contributed by atoms with van der Waals surface area (Å²) in [7, 11) is 3.27. The minimum absolute atomic E-state index is 0.648. The Bertz CT molecular complexity index is 1080. The van der Waals surface area contributed by atoms with Gasteiger partial charge in [-0.15, -0.1) is 32.9 Å². The third kappa shape index (κ3) is 3.71. The fourth-order valence-electron chi connectivity index (χ4n) is 2.56. The van der Waals surface area contributed by atoms with E-state index in [1.165, 1.54) is 16.4 Å². The van der Waals surface area contributed by atoms with Crippen LogP contribution in [-0.4, -0.2) is 34.1 Å². The van der Waals surface area contributed by atoms with E-state index in [1.54, 1.807) is 36.9 Å². The number of aromatic nitrogens is 4. The Kier molecular flexibility index (Phi) is 5.51. The minimum atomic E-state index is 0.648. The van der Waals surface area contributed by atoms with Gasteiger partial charge < -0.3 is 15.3 Å². The normalized spacial score (nSPS) is 10.9. The van der Waals surface area contributed by atoms with Crippen LogP contribution < -0.4 is 15.3 Å². The van der Waals surface area contributed by atoms with Crippen molar-refractivity contribution in [3.05, 3.63) is 46.8 Å². The van der Waals surface area contributed by atoms with E-state index in [1.807, 2.05) is 41.1 Å². The molecule has 3 heterocycles. The molecule has 0 bridgehead atoms. The van der Waals surface area contributed by atoms with Gasteiger partial charge in [-0.3, -0.25) is 0 Å². The number of rotatable bonds is 7. The molecule has 0 unspecified atom stereocenters. The lowest BCUT2D eigenvalue weighted by molar-refractivity contribution is 0.395. The molecule has 2 N–H and O–H groups in total. The molecule has 1 aromatic carbocycles. The number of benzene rings is 1. The molecule has 0 fully saturated rings. The topological polar surface area (TPSA) is 88.1 Å². The van der Waals surface area contributed by atoms with Crippen molar-refractivity contribution in [2.45, 2.75) is 10.9 Å². The molecule has 3 aromatic heterocycles. The summed E-state index contributed by atoms with van der Waals surface area (Å²) in [6, 6.07) is 9.65. The number of nitrogen functional groups attached to an aromatic ring is 1. The number of ether oxygens (including phenoxy) is 2. The molecule has 0 aliphatic rings. The van der Waals surface area contributed by atoms with Gasteiger partial charge in [0.1, 0.15) is 16.5 Å². The van der Waals surface area contributed by atoms with Gasteiger partial charge in [-0.05, 0) is 23.6 Å². The Hall–Kier alpha value is -2.56. The van der Waals surface area contributed by atoms with Gasteiger partial charge in [0.25, 0.3) is 0 Å². The molecule has 0 aliphatic carbocycles. The summed E-state index contributed by atoms with van der Waals surface area (Å²) in [5.41, 5.74) is 1.88. The monoisotopic (exact) mass is 431 g/mol. The van der Waals surface area contributed by atoms with Gasteiger partial charge >= 0.3 is 0 Å². The summed E-state index contributed by atoms with van der Waals surface area (Å²) in [5, 5.41) is 14.0. The van der Waals surface area contributed by atoms with E-state index in [0.29, 0.717) is 16.7 Å². The van der Waals surface area contributed by atoms with Crippen LogP contribution in [0.2, 0.25) is 0 Å². The third-order valence-corrected chi connectivity index (χ3v) is 6.71. The van der Waals surface area contributed by atoms with Gasteiger partial charge in [0.05, 0.1) is 30.4 Å². The third-order valence-electron chi connectivity index (χ3n) is 3.95. The zero-order chi connectivity index (χ0) is 19.5. The average Bonchev–Trinajstić information content (AvgIpc) is 3.47. The zero-order valence-corrected chi connectivity index (χ0v) is 17.6. The van der Waals surface area contributed by atoms with Crippen molar-refractivity contribution < 1.29 is 9.47 Å². The van der Waals surface area contributed by atoms with Crippen LogP contribution in [0.3, 0.4) is 0 Å². The molecule has 0 radical (unpaired) electrons. The average molecular weight is 432 g/mol. The van der Waals surface area contributed by atoms with Crippen molar-refractivity contribution in [2.75, 3.05) is 20.1 Å². The predicted molar refractivity (Wildman–Crippen MR) is 114 cm³/mol. The van der Waals surface area contributed by atoms with Crippen LogP contribution in [0.1, 0.15) is 5.69 Å². The zero-order valence-electron chi connectivity index (χ0n) is 15.2. The van der Waals surface area contributed by atoms with Gasteiger partial charge in [0, 0.05) is 17.2 Å². The Morgan fingerprint density at radius 3 is 2.79 bits per heavy atom. The van der Waals surface area contributed by atoms with Crippen LogP contribution in [0.4, 0.5) is 0 Å². The van der Waals surface area contributed by atoms with E-state index in [9.17, 15) is 0 Å². The number of thiazole rings is 1. The molecule has 4 rings (SSSR count). The smallest absolute Gasteiger partial charge is 0.210 e. The highest BCUT2D eigenvalue weighted by atomic mass is 32.2. The molecule has 144 valence electrons. The summed E-state index contributed by atoms with van der Waals surface area (Å²) in [5.74, 6) is 8.94. The van der Waals surface area contributed by atoms with Gasteiger partial charge in [-0.1, -0.05) is 17.8 Å². The molecule has 28 heavy (non-hydrogen) atoms. The lowest BCUT2D eigenvalue weighted by atomic mass is 10.2. The second-order valence-electron chi connectivity index (χ2n) is 5.65. The summed E-state index contributed by atoms with van der Waals surface area (Å²) < 4.78 is 12.3. The van der Waals surface area contributed by atoms with E-state index in [4.69, 9.17) is 20.3 Å². The van der Waals surface area contributed by atoms with Crippen molar-refractivity contribution in [3.63, 3.8) is 0 Å². The standard InChI is InChI=1S/C18H17N5O2S3/c1-24-12-5-6-13(14(8-12)25-2)17-20-11(9-27-17)10-28-18-22-21-16(23(18)19)15-4-3-7-26-15/h3-9H,10,19H2,1-2H3. The first-order valence-corrected chi connectivity index (χ1v) is 11.0. The number of thioether (sulfide) groups is 1. The summed E-state index contributed by atoms with van der Waals surface area (Å²) in [4.78, 5) is 5.72. The van der Waals surface area contributed by atoms with E-state index in [2.05, 4.69) is 10.2 Å². The fraction of sp³-hybridized carbons (Fsp3) is 0.167. The molecular weight excluding hydrogens is 414 g/mol. The molecular formula is C18H17N5O2S3. The van der Waals surface area contributed by atoms with Crippen LogP contribution in [0.15, 0.2) is 46.2 Å². The fourth-order valence-corrected chi connectivity index (χ4v) is 4.97. The first-order chi connectivity index (χ1) is 13.7. The predicted octanol–water partition coefficient (Wildman–Crippen LogP) is 4.15. The second kappa shape index (κ2) is 8.21. The van der Waals surface area contributed by atoms with Crippen LogP contribution in [-0.2, 0) is 5.75 Å². The highest BCUT2D eigenvalue weighted by Crippen LogP contribution is 2.36.